The van der Waals surface area contributed by atoms with Crippen molar-refractivity contribution in [3.63, 3.8) is 0 Å². The van der Waals surface area contributed by atoms with Gasteiger partial charge in [-0.1, -0.05) is 29.5 Å². The van der Waals surface area contributed by atoms with Crippen LogP contribution in [0.2, 0.25) is 0 Å². The summed E-state index contributed by atoms with van der Waals surface area (Å²) in [6.07, 6.45) is -0.776. The van der Waals surface area contributed by atoms with E-state index in [4.69, 9.17) is 9.47 Å². The molecule has 0 aliphatic carbocycles. The third kappa shape index (κ3) is 2.59. The average Bonchev–Trinajstić information content (AvgIpc) is 2.98. The van der Waals surface area contributed by atoms with Crippen molar-refractivity contribution in [2.75, 3.05) is 11.9 Å². The number of benzene rings is 2. The third-order valence-corrected chi connectivity index (χ3v) is 4.34. The SMILES string of the molecule is O=C(Nc1nc2c(F)cccc2s1)[C@@H]1COc2ccccc2O1. The molecule has 1 aliphatic rings. The van der Waals surface area contributed by atoms with E-state index < -0.39 is 11.9 Å². The molecule has 5 nitrogen and oxygen atoms in total. The Bertz CT molecular complexity index is 896. The Kier molecular flexibility index (Phi) is 3.34. The van der Waals surface area contributed by atoms with Crippen LogP contribution in [-0.2, 0) is 4.79 Å². The average molecular weight is 330 g/mol. The first-order chi connectivity index (χ1) is 11.2. The number of nitrogens with zero attached hydrogens (tertiary/aromatic N) is 1. The van der Waals surface area contributed by atoms with Gasteiger partial charge in [-0.25, -0.2) is 9.37 Å². The number of carbonyl (C=O) groups is 1. The maximum absolute atomic E-state index is 13.6. The molecule has 0 unspecified atom stereocenters. The predicted molar refractivity (Wildman–Crippen MR) is 84.6 cm³/mol. The number of thiazole rings is 1. The molecule has 4 rings (SSSR count). The van der Waals surface area contributed by atoms with E-state index in [9.17, 15) is 9.18 Å². The van der Waals surface area contributed by atoms with Crippen LogP contribution in [0, 0.1) is 5.82 Å². The van der Waals surface area contributed by atoms with Crippen LogP contribution < -0.4 is 14.8 Å². The lowest BCUT2D eigenvalue weighted by Gasteiger charge is -2.25. The monoisotopic (exact) mass is 330 g/mol. The van der Waals surface area contributed by atoms with Crippen molar-refractivity contribution in [1.29, 1.82) is 0 Å². The fourth-order valence-corrected chi connectivity index (χ4v) is 3.19. The van der Waals surface area contributed by atoms with Gasteiger partial charge < -0.3 is 9.47 Å². The van der Waals surface area contributed by atoms with Gasteiger partial charge in [-0.15, -0.1) is 0 Å². The lowest BCUT2D eigenvalue weighted by Crippen LogP contribution is -2.40. The maximum Gasteiger partial charge on any atom is 0.270 e. The summed E-state index contributed by atoms with van der Waals surface area (Å²) in [4.78, 5) is 16.4. The molecule has 2 heterocycles. The van der Waals surface area contributed by atoms with E-state index in [-0.39, 0.29) is 18.0 Å². The van der Waals surface area contributed by atoms with E-state index in [1.165, 1.54) is 17.4 Å². The molecule has 1 N–H and O–H groups in total. The van der Waals surface area contributed by atoms with Gasteiger partial charge in [-0.05, 0) is 24.3 Å². The van der Waals surface area contributed by atoms with Crippen molar-refractivity contribution in [3.05, 3.63) is 48.3 Å². The molecule has 1 amide bonds. The van der Waals surface area contributed by atoms with Crippen molar-refractivity contribution in [3.8, 4) is 11.5 Å². The summed E-state index contributed by atoms with van der Waals surface area (Å²) < 4.78 is 25.5. The van der Waals surface area contributed by atoms with Crippen molar-refractivity contribution < 1.29 is 18.7 Å². The highest BCUT2D eigenvalue weighted by Gasteiger charge is 2.28. The lowest BCUT2D eigenvalue weighted by molar-refractivity contribution is -0.125. The van der Waals surface area contributed by atoms with Crippen LogP contribution in [0.4, 0.5) is 9.52 Å². The minimum absolute atomic E-state index is 0.113. The first-order valence-electron chi connectivity index (χ1n) is 6.95. The topological polar surface area (TPSA) is 60.5 Å². The highest BCUT2D eigenvalue weighted by Crippen LogP contribution is 2.32. The summed E-state index contributed by atoms with van der Waals surface area (Å²) in [5.74, 6) is 0.345. The first-order valence-corrected chi connectivity index (χ1v) is 7.77. The number of hydrogen-bond donors (Lipinski definition) is 1. The number of ether oxygens (including phenoxy) is 2. The van der Waals surface area contributed by atoms with Gasteiger partial charge in [0.1, 0.15) is 17.9 Å². The van der Waals surface area contributed by atoms with Gasteiger partial charge in [0.2, 0.25) is 6.10 Å². The van der Waals surface area contributed by atoms with Crippen LogP contribution in [0.5, 0.6) is 11.5 Å². The highest BCUT2D eigenvalue weighted by molar-refractivity contribution is 7.22. The molecule has 0 saturated carbocycles. The Morgan fingerprint density at radius 2 is 2.04 bits per heavy atom. The van der Waals surface area contributed by atoms with Gasteiger partial charge >= 0.3 is 0 Å². The van der Waals surface area contributed by atoms with E-state index in [1.807, 2.05) is 6.07 Å². The number of aromatic nitrogens is 1. The summed E-state index contributed by atoms with van der Waals surface area (Å²) in [7, 11) is 0. The molecular weight excluding hydrogens is 319 g/mol. The summed E-state index contributed by atoms with van der Waals surface area (Å²) in [6.45, 7) is 0.113. The number of halogens is 1. The number of carbonyl (C=O) groups excluding carboxylic acids is 1. The molecule has 0 spiro atoms. The molecule has 0 fully saturated rings. The summed E-state index contributed by atoms with van der Waals surface area (Å²) in [5.41, 5.74) is 0.249. The molecule has 116 valence electrons. The second-order valence-electron chi connectivity index (χ2n) is 4.96. The Balaban J connectivity index is 1.52. The molecule has 23 heavy (non-hydrogen) atoms. The molecular formula is C16H11FN2O3S. The van der Waals surface area contributed by atoms with Crippen LogP contribution in [0.3, 0.4) is 0 Å². The van der Waals surface area contributed by atoms with Gasteiger partial charge in [-0.2, -0.15) is 0 Å². The van der Waals surface area contributed by atoms with Crippen LogP contribution in [-0.4, -0.2) is 23.6 Å². The number of nitrogens with one attached hydrogen (secondary N) is 1. The Hall–Kier alpha value is -2.67. The Morgan fingerprint density at radius 3 is 2.87 bits per heavy atom. The zero-order valence-electron chi connectivity index (χ0n) is 11.8. The molecule has 1 atom stereocenters. The van der Waals surface area contributed by atoms with Gasteiger partial charge in [0.25, 0.3) is 5.91 Å². The zero-order valence-corrected chi connectivity index (χ0v) is 12.6. The number of hydrogen-bond acceptors (Lipinski definition) is 5. The van der Waals surface area contributed by atoms with Gasteiger partial charge in [0.05, 0.1) is 4.70 Å². The molecule has 1 aliphatic heterocycles. The number of amides is 1. The fourth-order valence-electron chi connectivity index (χ4n) is 2.30. The molecule has 0 bridgehead atoms. The highest BCUT2D eigenvalue weighted by atomic mass is 32.1. The third-order valence-electron chi connectivity index (χ3n) is 3.40. The normalized spacial score (nSPS) is 16.3. The molecule has 2 aromatic carbocycles. The smallest absolute Gasteiger partial charge is 0.270 e. The number of para-hydroxylation sites is 3. The van der Waals surface area contributed by atoms with Crippen molar-refractivity contribution in [2.45, 2.75) is 6.10 Å². The van der Waals surface area contributed by atoms with Crippen LogP contribution >= 0.6 is 11.3 Å². The minimum atomic E-state index is -0.776. The standard InChI is InChI=1S/C16H11FN2O3S/c17-9-4-3-7-13-14(9)18-16(23-13)19-15(20)12-8-21-10-5-1-2-6-11(10)22-12/h1-7,12H,8H2,(H,18,19,20)/t12-/m0/s1. The summed E-state index contributed by atoms with van der Waals surface area (Å²) in [6, 6.07) is 11.8. The van der Waals surface area contributed by atoms with Gasteiger partial charge in [-0.3, -0.25) is 10.1 Å². The molecule has 0 radical (unpaired) electrons. The van der Waals surface area contributed by atoms with Crippen molar-refractivity contribution in [2.24, 2.45) is 0 Å². The predicted octanol–water partition coefficient (Wildman–Crippen LogP) is 3.21. The largest absolute Gasteiger partial charge is 0.485 e. The summed E-state index contributed by atoms with van der Waals surface area (Å²) >= 11 is 1.21. The molecule has 7 heteroatoms. The van der Waals surface area contributed by atoms with E-state index in [0.717, 1.165) is 0 Å². The van der Waals surface area contributed by atoms with Gasteiger partial charge in [0, 0.05) is 0 Å². The lowest BCUT2D eigenvalue weighted by atomic mass is 10.2. The van der Waals surface area contributed by atoms with E-state index in [1.54, 1.807) is 30.3 Å². The minimum Gasteiger partial charge on any atom is -0.485 e. The molecule has 0 saturated heterocycles. The van der Waals surface area contributed by atoms with Crippen LogP contribution in [0.15, 0.2) is 42.5 Å². The van der Waals surface area contributed by atoms with E-state index in [2.05, 4.69) is 10.3 Å². The van der Waals surface area contributed by atoms with Crippen LogP contribution in [0.1, 0.15) is 0 Å². The Morgan fingerprint density at radius 1 is 1.22 bits per heavy atom. The molecule has 1 aromatic heterocycles. The van der Waals surface area contributed by atoms with Crippen LogP contribution in [0.25, 0.3) is 10.2 Å². The van der Waals surface area contributed by atoms with Gasteiger partial charge in [0.15, 0.2) is 16.6 Å². The first kappa shape index (κ1) is 14.0. The van der Waals surface area contributed by atoms with Crippen molar-refractivity contribution >= 4 is 32.6 Å². The fraction of sp³-hybridized carbons (Fsp3) is 0.125. The number of anilines is 1. The number of rotatable bonds is 2. The maximum atomic E-state index is 13.6. The number of fused-ring (bicyclic) bond motifs is 2. The quantitative estimate of drug-likeness (QED) is 0.784. The summed E-state index contributed by atoms with van der Waals surface area (Å²) in [5, 5.41) is 2.99. The Labute approximate surface area is 134 Å². The zero-order chi connectivity index (χ0) is 15.8. The second-order valence-corrected chi connectivity index (χ2v) is 5.99. The van der Waals surface area contributed by atoms with E-state index >= 15 is 0 Å². The van der Waals surface area contributed by atoms with Crippen molar-refractivity contribution in [1.82, 2.24) is 4.98 Å². The second kappa shape index (κ2) is 5.51. The van der Waals surface area contributed by atoms with E-state index in [0.29, 0.717) is 21.3 Å². The molecule has 3 aromatic rings.